The van der Waals surface area contributed by atoms with Crippen molar-refractivity contribution in [2.24, 2.45) is 5.92 Å². The Morgan fingerprint density at radius 2 is 2.14 bits per heavy atom. The molecule has 29 heavy (non-hydrogen) atoms. The molecule has 1 fully saturated rings. The molecule has 4 rings (SSSR count). The lowest BCUT2D eigenvalue weighted by Crippen LogP contribution is -2.46. The summed E-state index contributed by atoms with van der Waals surface area (Å²) in [6, 6.07) is 7.04. The second-order valence-corrected chi connectivity index (χ2v) is 7.36. The fourth-order valence-electron chi connectivity index (χ4n) is 3.29. The molecule has 152 valence electrons. The number of fused-ring (bicyclic) bond motifs is 1. The number of carbonyl (C=O) groups excluding carboxylic acids is 1. The third-order valence-corrected chi connectivity index (χ3v) is 5.23. The van der Waals surface area contributed by atoms with Crippen LogP contribution in [-0.4, -0.2) is 56.4 Å². The first kappa shape index (κ1) is 19.4. The first-order chi connectivity index (χ1) is 14.1. The number of piperidine rings is 1. The van der Waals surface area contributed by atoms with Crippen molar-refractivity contribution < 1.29 is 13.9 Å². The summed E-state index contributed by atoms with van der Waals surface area (Å²) in [6.07, 6.45) is 3.71. The van der Waals surface area contributed by atoms with E-state index >= 15 is 0 Å². The SMILES string of the molecule is O=C(OCc1ccc(Cl)cc1)N1CC[C@H](CNc2cncc3nncn23)[C@H](F)C1. The molecule has 3 aromatic rings. The van der Waals surface area contributed by atoms with E-state index in [1.165, 1.54) is 4.90 Å². The van der Waals surface area contributed by atoms with Gasteiger partial charge in [0.1, 0.15) is 24.9 Å². The Balaban J connectivity index is 1.27. The van der Waals surface area contributed by atoms with Crippen LogP contribution < -0.4 is 5.32 Å². The highest BCUT2D eigenvalue weighted by atomic mass is 35.5. The zero-order chi connectivity index (χ0) is 20.2. The van der Waals surface area contributed by atoms with Gasteiger partial charge in [-0.2, -0.15) is 0 Å². The van der Waals surface area contributed by atoms with E-state index < -0.39 is 12.3 Å². The van der Waals surface area contributed by atoms with Gasteiger partial charge in [0.15, 0.2) is 5.65 Å². The van der Waals surface area contributed by atoms with Crippen molar-refractivity contribution in [3.8, 4) is 0 Å². The Morgan fingerprint density at radius 1 is 1.31 bits per heavy atom. The maximum atomic E-state index is 14.7. The topological polar surface area (TPSA) is 84.6 Å². The fraction of sp³-hybridized carbons (Fsp3) is 0.368. The molecular formula is C19H20ClFN6O2. The van der Waals surface area contributed by atoms with Crippen molar-refractivity contribution in [1.29, 1.82) is 0 Å². The summed E-state index contributed by atoms with van der Waals surface area (Å²) in [5.74, 6) is 0.478. The molecule has 8 nitrogen and oxygen atoms in total. The van der Waals surface area contributed by atoms with E-state index in [1.807, 2.05) is 0 Å². The Labute approximate surface area is 171 Å². The number of amides is 1. The number of carbonyl (C=O) groups is 1. The molecule has 0 radical (unpaired) electrons. The summed E-state index contributed by atoms with van der Waals surface area (Å²) in [4.78, 5) is 17.8. The summed E-state index contributed by atoms with van der Waals surface area (Å²) in [7, 11) is 0. The van der Waals surface area contributed by atoms with Gasteiger partial charge in [-0.15, -0.1) is 10.2 Å². The van der Waals surface area contributed by atoms with Gasteiger partial charge in [-0.25, -0.2) is 9.18 Å². The maximum absolute atomic E-state index is 14.7. The van der Waals surface area contributed by atoms with Crippen molar-refractivity contribution in [3.63, 3.8) is 0 Å². The van der Waals surface area contributed by atoms with Crippen LogP contribution in [0.25, 0.3) is 5.65 Å². The summed E-state index contributed by atoms with van der Waals surface area (Å²) in [6.45, 7) is 1.01. The van der Waals surface area contributed by atoms with Gasteiger partial charge in [-0.1, -0.05) is 23.7 Å². The third-order valence-electron chi connectivity index (χ3n) is 4.98. The summed E-state index contributed by atoms with van der Waals surface area (Å²) >= 11 is 5.84. The molecule has 1 amide bonds. The Morgan fingerprint density at radius 3 is 2.93 bits per heavy atom. The van der Waals surface area contributed by atoms with E-state index in [4.69, 9.17) is 16.3 Å². The molecule has 1 N–H and O–H groups in total. The van der Waals surface area contributed by atoms with E-state index in [-0.39, 0.29) is 19.1 Å². The van der Waals surface area contributed by atoms with E-state index in [2.05, 4.69) is 20.5 Å². The zero-order valence-electron chi connectivity index (χ0n) is 15.5. The largest absolute Gasteiger partial charge is 0.445 e. The molecule has 0 saturated carbocycles. The molecule has 0 bridgehead atoms. The van der Waals surface area contributed by atoms with E-state index in [0.29, 0.717) is 36.0 Å². The molecule has 0 aliphatic carbocycles. The summed E-state index contributed by atoms with van der Waals surface area (Å²) in [5, 5.41) is 11.6. The normalized spacial score (nSPS) is 19.3. The number of hydrogen-bond donors (Lipinski definition) is 1. The average molecular weight is 419 g/mol. The van der Waals surface area contributed by atoms with Crippen LogP contribution in [0.3, 0.4) is 0 Å². The van der Waals surface area contributed by atoms with Gasteiger partial charge in [0, 0.05) is 24.0 Å². The van der Waals surface area contributed by atoms with Crippen LogP contribution in [0.5, 0.6) is 0 Å². The van der Waals surface area contributed by atoms with E-state index in [1.54, 1.807) is 47.4 Å². The van der Waals surface area contributed by atoms with Crippen LogP contribution in [0, 0.1) is 5.92 Å². The highest BCUT2D eigenvalue weighted by Crippen LogP contribution is 2.22. The second kappa shape index (κ2) is 8.60. The number of likely N-dealkylation sites (tertiary alicyclic amines) is 1. The number of alkyl halides is 1. The number of benzene rings is 1. The molecule has 3 heterocycles. The van der Waals surface area contributed by atoms with Crippen LogP contribution in [0.15, 0.2) is 43.0 Å². The standard InChI is InChI=1S/C19H20ClFN6O2/c20-15-3-1-13(2-4-15)11-29-19(28)26-6-5-14(16(21)10-26)7-23-17-8-22-9-18-25-24-12-27(17)18/h1-4,8-9,12,14,16,23H,5-7,10-11H2/t14-,16-/m1/s1. The molecular weight excluding hydrogens is 399 g/mol. The number of nitrogens with zero attached hydrogens (tertiary/aromatic N) is 5. The molecule has 0 spiro atoms. The van der Waals surface area contributed by atoms with Crippen molar-refractivity contribution in [2.75, 3.05) is 25.0 Å². The van der Waals surface area contributed by atoms with Crippen molar-refractivity contribution >= 4 is 29.2 Å². The highest BCUT2D eigenvalue weighted by Gasteiger charge is 2.32. The second-order valence-electron chi connectivity index (χ2n) is 6.92. The van der Waals surface area contributed by atoms with Crippen molar-refractivity contribution in [1.82, 2.24) is 24.5 Å². The summed E-state index contributed by atoms with van der Waals surface area (Å²) < 4.78 is 21.7. The predicted molar refractivity (Wildman–Crippen MR) is 105 cm³/mol. The third kappa shape index (κ3) is 4.56. The minimum atomic E-state index is -1.15. The Bertz CT molecular complexity index is 982. The number of halogens is 2. The molecule has 0 unspecified atom stereocenters. The lowest BCUT2D eigenvalue weighted by atomic mass is 9.95. The zero-order valence-corrected chi connectivity index (χ0v) is 16.3. The van der Waals surface area contributed by atoms with Gasteiger partial charge in [-0.3, -0.25) is 9.38 Å². The number of aromatic nitrogens is 4. The number of anilines is 1. The van der Waals surface area contributed by atoms with Crippen LogP contribution in [0.1, 0.15) is 12.0 Å². The quantitative estimate of drug-likeness (QED) is 0.685. The van der Waals surface area contributed by atoms with Gasteiger partial charge in [0.25, 0.3) is 0 Å². The first-order valence-corrected chi connectivity index (χ1v) is 9.66. The highest BCUT2D eigenvalue weighted by molar-refractivity contribution is 6.30. The van der Waals surface area contributed by atoms with Crippen LogP contribution in [-0.2, 0) is 11.3 Å². The molecule has 2 aromatic heterocycles. The van der Waals surface area contributed by atoms with Gasteiger partial charge >= 0.3 is 6.09 Å². The predicted octanol–water partition coefficient (Wildman–Crippen LogP) is 3.19. The number of nitrogens with one attached hydrogen (secondary N) is 1. The van der Waals surface area contributed by atoms with E-state index in [0.717, 1.165) is 5.56 Å². The molecule has 2 atom stereocenters. The maximum Gasteiger partial charge on any atom is 0.410 e. The molecule has 1 aromatic carbocycles. The van der Waals surface area contributed by atoms with Gasteiger partial charge in [0.05, 0.1) is 18.9 Å². The van der Waals surface area contributed by atoms with Crippen LogP contribution in [0.2, 0.25) is 5.02 Å². The van der Waals surface area contributed by atoms with E-state index in [9.17, 15) is 9.18 Å². The first-order valence-electron chi connectivity index (χ1n) is 9.28. The van der Waals surface area contributed by atoms with Crippen molar-refractivity contribution in [3.05, 3.63) is 53.6 Å². The minimum absolute atomic E-state index is 0.0148. The smallest absolute Gasteiger partial charge is 0.410 e. The van der Waals surface area contributed by atoms with Gasteiger partial charge < -0.3 is 15.0 Å². The average Bonchev–Trinajstić information content (AvgIpc) is 3.22. The number of rotatable bonds is 5. The lowest BCUT2D eigenvalue weighted by Gasteiger charge is -2.34. The Hall–Kier alpha value is -2.94. The fourth-order valence-corrected chi connectivity index (χ4v) is 3.41. The Kier molecular flexibility index (Phi) is 5.75. The minimum Gasteiger partial charge on any atom is -0.445 e. The monoisotopic (exact) mass is 418 g/mol. The molecule has 10 heteroatoms. The van der Waals surface area contributed by atoms with Crippen molar-refractivity contribution in [2.45, 2.75) is 19.2 Å². The molecule has 1 aliphatic heterocycles. The number of ether oxygens (including phenoxy) is 1. The van der Waals surface area contributed by atoms with Crippen LogP contribution >= 0.6 is 11.6 Å². The molecule has 1 saturated heterocycles. The van der Waals surface area contributed by atoms with Gasteiger partial charge in [0.2, 0.25) is 0 Å². The summed E-state index contributed by atoms with van der Waals surface area (Å²) in [5.41, 5.74) is 1.44. The van der Waals surface area contributed by atoms with Crippen LogP contribution in [0.4, 0.5) is 15.0 Å². The lowest BCUT2D eigenvalue weighted by molar-refractivity contribution is 0.0544. The van der Waals surface area contributed by atoms with Gasteiger partial charge in [-0.05, 0) is 24.1 Å². The molecule has 1 aliphatic rings. The number of hydrogen-bond acceptors (Lipinski definition) is 6.